The van der Waals surface area contributed by atoms with Crippen LogP contribution in [0.5, 0.6) is 0 Å². The Labute approximate surface area is 110 Å². The van der Waals surface area contributed by atoms with Gasteiger partial charge in [0.15, 0.2) is 0 Å². The molecule has 1 saturated carbocycles. The fourth-order valence-corrected chi connectivity index (χ4v) is 3.10. The van der Waals surface area contributed by atoms with Gasteiger partial charge >= 0.3 is 0 Å². The zero-order valence-electron chi connectivity index (χ0n) is 11.2. The topological polar surface area (TPSA) is 21.3 Å². The molecule has 18 heavy (non-hydrogen) atoms. The molecule has 2 nitrogen and oxygen atoms in total. The first-order valence-corrected chi connectivity index (χ1v) is 7.18. The van der Waals surface area contributed by atoms with Crippen LogP contribution in [0.4, 0.5) is 0 Å². The van der Waals surface area contributed by atoms with Crippen LogP contribution in [0.1, 0.15) is 36.8 Å². The van der Waals surface area contributed by atoms with E-state index in [0.717, 1.165) is 5.92 Å². The maximum atomic E-state index is 5.61. The average molecular weight is 245 g/mol. The van der Waals surface area contributed by atoms with E-state index in [1.807, 2.05) is 7.11 Å². The molecular weight excluding hydrogens is 222 g/mol. The SMILES string of the molecule is COC1(c2ccc(CC3CCCNC3)cc2)CC1. The third kappa shape index (κ3) is 2.45. The molecule has 1 unspecified atom stereocenters. The quantitative estimate of drug-likeness (QED) is 0.880. The summed E-state index contributed by atoms with van der Waals surface area (Å²) in [6.45, 7) is 2.38. The van der Waals surface area contributed by atoms with Crippen molar-refractivity contribution < 1.29 is 4.74 Å². The van der Waals surface area contributed by atoms with Crippen molar-refractivity contribution >= 4 is 0 Å². The molecule has 1 heterocycles. The average Bonchev–Trinajstić information content (AvgIpc) is 3.22. The number of hydrogen-bond donors (Lipinski definition) is 1. The smallest absolute Gasteiger partial charge is 0.0929 e. The second kappa shape index (κ2) is 5.02. The fraction of sp³-hybridized carbons (Fsp3) is 0.625. The molecule has 3 rings (SSSR count). The van der Waals surface area contributed by atoms with Gasteiger partial charge in [0.2, 0.25) is 0 Å². The third-order valence-electron chi connectivity index (χ3n) is 4.50. The lowest BCUT2D eigenvalue weighted by molar-refractivity contribution is 0.0789. The summed E-state index contributed by atoms with van der Waals surface area (Å²) in [6.07, 6.45) is 6.27. The standard InChI is InChI=1S/C16H23NO/c1-18-16(8-9-16)15-6-4-13(5-7-15)11-14-3-2-10-17-12-14/h4-7,14,17H,2-3,8-12H2,1H3. The monoisotopic (exact) mass is 245 g/mol. The number of nitrogens with one attached hydrogen (secondary N) is 1. The van der Waals surface area contributed by atoms with Crippen LogP contribution in [0.3, 0.4) is 0 Å². The zero-order chi connectivity index (χ0) is 12.4. The summed E-state index contributed by atoms with van der Waals surface area (Å²) < 4.78 is 5.61. The highest BCUT2D eigenvalue weighted by Crippen LogP contribution is 2.48. The molecule has 1 aliphatic heterocycles. The van der Waals surface area contributed by atoms with Crippen molar-refractivity contribution in [2.45, 2.75) is 37.7 Å². The van der Waals surface area contributed by atoms with E-state index < -0.39 is 0 Å². The van der Waals surface area contributed by atoms with E-state index in [4.69, 9.17) is 4.74 Å². The molecule has 1 aromatic carbocycles. The van der Waals surface area contributed by atoms with Gasteiger partial charge in [0.25, 0.3) is 0 Å². The largest absolute Gasteiger partial charge is 0.374 e. The Hall–Kier alpha value is -0.860. The molecule has 0 spiro atoms. The van der Waals surface area contributed by atoms with Crippen molar-refractivity contribution in [2.75, 3.05) is 20.2 Å². The Morgan fingerprint density at radius 3 is 2.61 bits per heavy atom. The van der Waals surface area contributed by atoms with Gasteiger partial charge in [0, 0.05) is 7.11 Å². The molecule has 0 aromatic heterocycles. The van der Waals surface area contributed by atoms with Crippen LogP contribution in [0.25, 0.3) is 0 Å². The number of hydrogen-bond acceptors (Lipinski definition) is 2. The molecule has 0 amide bonds. The first kappa shape index (κ1) is 12.2. The minimum atomic E-state index is 0.0604. The van der Waals surface area contributed by atoms with Crippen LogP contribution in [0.2, 0.25) is 0 Å². The summed E-state index contributed by atoms with van der Waals surface area (Å²) in [5.41, 5.74) is 2.89. The molecule has 98 valence electrons. The Balaban J connectivity index is 1.64. The second-order valence-electron chi connectivity index (χ2n) is 5.81. The number of methoxy groups -OCH3 is 1. The number of ether oxygens (including phenoxy) is 1. The van der Waals surface area contributed by atoms with Gasteiger partial charge in [-0.25, -0.2) is 0 Å². The molecule has 1 saturated heterocycles. The highest BCUT2D eigenvalue weighted by Gasteiger charge is 2.44. The third-order valence-corrected chi connectivity index (χ3v) is 4.50. The molecular formula is C16H23NO. The van der Waals surface area contributed by atoms with Gasteiger partial charge in [-0.2, -0.15) is 0 Å². The second-order valence-corrected chi connectivity index (χ2v) is 5.81. The van der Waals surface area contributed by atoms with Crippen LogP contribution in [0, 0.1) is 5.92 Å². The predicted octanol–water partition coefficient (Wildman–Crippen LogP) is 2.86. The van der Waals surface area contributed by atoms with Gasteiger partial charge in [-0.1, -0.05) is 24.3 Å². The molecule has 2 fully saturated rings. The molecule has 1 N–H and O–H groups in total. The van der Waals surface area contributed by atoms with E-state index in [9.17, 15) is 0 Å². The summed E-state index contributed by atoms with van der Waals surface area (Å²) in [4.78, 5) is 0. The lowest BCUT2D eigenvalue weighted by atomic mass is 9.91. The minimum absolute atomic E-state index is 0.0604. The van der Waals surface area contributed by atoms with Gasteiger partial charge in [-0.3, -0.25) is 0 Å². The normalized spacial score (nSPS) is 25.9. The van der Waals surface area contributed by atoms with Crippen molar-refractivity contribution in [1.82, 2.24) is 5.32 Å². The van der Waals surface area contributed by atoms with Crippen LogP contribution in [-0.2, 0) is 16.8 Å². The molecule has 1 aliphatic carbocycles. The van der Waals surface area contributed by atoms with E-state index >= 15 is 0 Å². The minimum Gasteiger partial charge on any atom is -0.374 e. The van der Waals surface area contributed by atoms with E-state index in [0.29, 0.717) is 0 Å². The molecule has 0 bridgehead atoms. The lowest BCUT2D eigenvalue weighted by Crippen LogP contribution is -2.30. The lowest BCUT2D eigenvalue weighted by Gasteiger charge is -2.23. The van der Waals surface area contributed by atoms with Crippen LogP contribution >= 0.6 is 0 Å². The van der Waals surface area contributed by atoms with Crippen LogP contribution in [-0.4, -0.2) is 20.2 Å². The van der Waals surface area contributed by atoms with Crippen molar-refractivity contribution in [3.05, 3.63) is 35.4 Å². The fourth-order valence-electron chi connectivity index (χ4n) is 3.10. The maximum Gasteiger partial charge on any atom is 0.0929 e. The maximum absolute atomic E-state index is 5.61. The highest BCUT2D eigenvalue weighted by atomic mass is 16.5. The summed E-state index contributed by atoms with van der Waals surface area (Å²) in [5, 5.41) is 3.49. The zero-order valence-corrected chi connectivity index (χ0v) is 11.2. The van der Waals surface area contributed by atoms with Crippen LogP contribution in [0.15, 0.2) is 24.3 Å². The number of benzene rings is 1. The van der Waals surface area contributed by atoms with Gasteiger partial charge in [-0.15, -0.1) is 0 Å². The van der Waals surface area contributed by atoms with Gasteiger partial charge in [0.1, 0.15) is 0 Å². The summed E-state index contributed by atoms with van der Waals surface area (Å²) in [6, 6.07) is 9.12. The van der Waals surface area contributed by atoms with Crippen molar-refractivity contribution in [1.29, 1.82) is 0 Å². The van der Waals surface area contributed by atoms with Crippen molar-refractivity contribution in [3.8, 4) is 0 Å². The summed E-state index contributed by atoms with van der Waals surface area (Å²) in [5.74, 6) is 0.821. The molecule has 1 atom stereocenters. The van der Waals surface area contributed by atoms with Crippen LogP contribution < -0.4 is 5.32 Å². The molecule has 2 aliphatic rings. The molecule has 0 radical (unpaired) electrons. The summed E-state index contributed by atoms with van der Waals surface area (Å²) >= 11 is 0. The first-order chi connectivity index (χ1) is 8.82. The van der Waals surface area contributed by atoms with Crippen molar-refractivity contribution in [3.63, 3.8) is 0 Å². The molecule has 2 heteroatoms. The molecule has 1 aromatic rings. The van der Waals surface area contributed by atoms with E-state index in [2.05, 4.69) is 29.6 Å². The Bertz CT molecular complexity index is 388. The van der Waals surface area contributed by atoms with E-state index in [1.165, 1.54) is 56.3 Å². The number of piperidine rings is 1. The Morgan fingerprint density at radius 1 is 1.28 bits per heavy atom. The van der Waals surface area contributed by atoms with Gasteiger partial charge in [-0.05, 0) is 62.2 Å². The van der Waals surface area contributed by atoms with Gasteiger partial charge in [0.05, 0.1) is 5.60 Å². The Kier molecular flexibility index (Phi) is 3.40. The summed E-state index contributed by atoms with van der Waals surface area (Å²) in [7, 11) is 1.83. The highest BCUT2D eigenvalue weighted by molar-refractivity contribution is 5.31. The first-order valence-electron chi connectivity index (χ1n) is 7.18. The Morgan fingerprint density at radius 2 is 2.06 bits per heavy atom. The van der Waals surface area contributed by atoms with Crippen molar-refractivity contribution in [2.24, 2.45) is 5.92 Å². The van der Waals surface area contributed by atoms with Gasteiger partial charge < -0.3 is 10.1 Å². The number of rotatable bonds is 4. The predicted molar refractivity (Wildman–Crippen MR) is 73.7 cm³/mol. The van der Waals surface area contributed by atoms with E-state index in [1.54, 1.807) is 0 Å². The van der Waals surface area contributed by atoms with E-state index in [-0.39, 0.29) is 5.60 Å².